The highest BCUT2D eigenvalue weighted by Gasteiger charge is 2.22. The second-order valence-electron chi connectivity index (χ2n) is 7.04. The van der Waals surface area contributed by atoms with E-state index in [4.69, 9.17) is 4.74 Å². The molecule has 1 amide bonds. The average Bonchev–Trinajstić information content (AvgIpc) is 2.79. The van der Waals surface area contributed by atoms with E-state index in [-0.39, 0.29) is 5.91 Å². The summed E-state index contributed by atoms with van der Waals surface area (Å²) in [6.07, 6.45) is 6.60. The van der Waals surface area contributed by atoms with Gasteiger partial charge in [0, 0.05) is 64.3 Å². The number of aryl methyl sites for hydroxylation is 1. The monoisotopic (exact) mass is 382 g/mol. The summed E-state index contributed by atoms with van der Waals surface area (Å²) in [6.45, 7) is 6.18. The van der Waals surface area contributed by atoms with E-state index >= 15 is 0 Å². The lowest BCUT2D eigenvalue weighted by atomic mass is 10.1. The van der Waals surface area contributed by atoms with Crippen molar-refractivity contribution in [1.29, 1.82) is 0 Å². The normalized spacial score (nSPS) is 17.6. The number of carbonyl (C=O) groups is 1. The number of morpholine rings is 1. The molecule has 2 saturated heterocycles. The van der Waals surface area contributed by atoms with Crippen molar-refractivity contribution in [3.05, 3.63) is 42.4 Å². The number of anilines is 2. The minimum absolute atomic E-state index is 0.207. The Morgan fingerprint density at radius 2 is 1.68 bits per heavy atom. The highest BCUT2D eigenvalue weighted by atomic mass is 16.5. The first-order valence-electron chi connectivity index (χ1n) is 9.87. The zero-order chi connectivity index (χ0) is 19.2. The van der Waals surface area contributed by atoms with Crippen LogP contribution >= 0.6 is 0 Å². The Morgan fingerprint density at radius 1 is 0.929 bits per heavy atom. The second-order valence-corrected chi connectivity index (χ2v) is 7.04. The van der Waals surface area contributed by atoms with Gasteiger partial charge in [-0.15, -0.1) is 0 Å². The summed E-state index contributed by atoms with van der Waals surface area (Å²) in [6, 6.07) is 5.91. The van der Waals surface area contributed by atoms with Crippen molar-refractivity contribution >= 4 is 17.7 Å². The maximum atomic E-state index is 12.6. The summed E-state index contributed by atoms with van der Waals surface area (Å²) in [4.78, 5) is 32.0. The molecule has 0 N–H and O–H groups in total. The van der Waals surface area contributed by atoms with Gasteiger partial charge in [-0.3, -0.25) is 4.79 Å². The first-order chi connectivity index (χ1) is 13.8. The SMILES string of the molecule is O=C(CCc1ccnc(N2CCOCC2)c1)N1CCN(c2ncccn2)CC1. The molecule has 0 unspecified atom stereocenters. The van der Waals surface area contributed by atoms with Crippen molar-refractivity contribution in [3.63, 3.8) is 0 Å². The summed E-state index contributed by atoms with van der Waals surface area (Å²) >= 11 is 0. The number of amides is 1. The van der Waals surface area contributed by atoms with E-state index in [1.807, 2.05) is 23.2 Å². The van der Waals surface area contributed by atoms with Gasteiger partial charge in [0.2, 0.25) is 11.9 Å². The highest BCUT2D eigenvalue weighted by Crippen LogP contribution is 2.16. The number of rotatable bonds is 5. The topological polar surface area (TPSA) is 74.7 Å². The Hall–Kier alpha value is -2.74. The van der Waals surface area contributed by atoms with Crippen LogP contribution in [0.2, 0.25) is 0 Å². The summed E-state index contributed by atoms with van der Waals surface area (Å²) in [5.41, 5.74) is 1.15. The first-order valence-corrected chi connectivity index (χ1v) is 9.87. The van der Waals surface area contributed by atoms with Crippen LogP contribution in [0.1, 0.15) is 12.0 Å². The standard InChI is InChI=1S/C20H26N6O2/c27-19(25-8-10-26(11-9-25)20-22-5-1-6-23-20)3-2-17-4-7-21-18(16-17)24-12-14-28-15-13-24/h1,4-7,16H,2-3,8-15H2. The Kier molecular flexibility index (Phi) is 5.96. The van der Waals surface area contributed by atoms with Crippen LogP contribution in [-0.4, -0.2) is 78.2 Å². The van der Waals surface area contributed by atoms with E-state index in [0.29, 0.717) is 19.5 Å². The van der Waals surface area contributed by atoms with Crippen LogP contribution in [0.3, 0.4) is 0 Å². The lowest BCUT2D eigenvalue weighted by molar-refractivity contribution is -0.131. The molecule has 4 heterocycles. The number of piperazine rings is 1. The van der Waals surface area contributed by atoms with Gasteiger partial charge in [-0.1, -0.05) is 0 Å². The van der Waals surface area contributed by atoms with Crippen LogP contribution < -0.4 is 9.80 Å². The van der Waals surface area contributed by atoms with Crippen molar-refractivity contribution in [2.75, 3.05) is 62.3 Å². The number of hydrogen-bond acceptors (Lipinski definition) is 7. The van der Waals surface area contributed by atoms with Crippen molar-refractivity contribution in [2.24, 2.45) is 0 Å². The van der Waals surface area contributed by atoms with Crippen LogP contribution in [-0.2, 0) is 16.0 Å². The van der Waals surface area contributed by atoms with Gasteiger partial charge in [-0.2, -0.15) is 0 Å². The number of pyridine rings is 1. The molecule has 4 rings (SSSR count). The van der Waals surface area contributed by atoms with E-state index in [2.05, 4.69) is 30.8 Å². The largest absolute Gasteiger partial charge is 0.378 e. The maximum Gasteiger partial charge on any atom is 0.225 e. The van der Waals surface area contributed by atoms with Crippen LogP contribution in [0.25, 0.3) is 0 Å². The number of hydrogen-bond donors (Lipinski definition) is 0. The predicted octanol–water partition coefficient (Wildman–Crippen LogP) is 0.990. The fourth-order valence-electron chi connectivity index (χ4n) is 3.60. The number of aromatic nitrogens is 3. The van der Waals surface area contributed by atoms with Crippen molar-refractivity contribution in [3.8, 4) is 0 Å². The number of nitrogens with zero attached hydrogens (tertiary/aromatic N) is 6. The van der Waals surface area contributed by atoms with Gasteiger partial charge in [-0.05, 0) is 30.2 Å². The molecule has 28 heavy (non-hydrogen) atoms. The zero-order valence-electron chi connectivity index (χ0n) is 16.0. The third kappa shape index (κ3) is 4.56. The molecule has 0 bridgehead atoms. The van der Waals surface area contributed by atoms with E-state index in [0.717, 1.165) is 63.1 Å². The van der Waals surface area contributed by atoms with E-state index in [1.165, 1.54) is 0 Å². The summed E-state index contributed by atoms with van der Waals surface area (Å²) in [5.74, 6) is 1.92. The van der Waals surface area contributed by atoms with Crippen molar-refractivity contribution in [2.45, 2.75) is 12.8 Å². The third-order valence-corrected chi connectivity index (χ3v) is 5.24. The quantitative estimate of drug-likeness (QED) is 0.763. The summed E-state index contributed by atoms with van der Waals surface area (Å²) in [5, 5.41) is 0. The number of carbonyl (C=O) groups excluding carboxylic acids is 1. The predicted molar refractivity (Wildman–Crippen MR) is 106 cm³/mol. The molecular formula is C20H26N6O2. The zero-order valence-corrected chi connectivity index (χ0v) is 16.0. The molecule has 0 atom stereocenters. The fourth-order valence-corrected chi connectivity index (χ4v) is 3.60. The van der Waals surface area contributed by atoms with Crippen LogP contribution in [0, 0.1) is 0 Å². The Bertz CT molecular complexity index is 773. The molecule has 2 aromatic rings. The molecule has 0 spiro atoms. The van der Waals surface area contributed by atoms with Crippen molar-refractivity contribution in [1.82, 2.24) is 19.9 Å². The Morgan fingerprint density at radius 3 is 2.43 bits per heavy atom. The Balaban J connectivity index is 1.27. The fraction of sp³-hybridized carbons (Fsp3) is 0.500. The molecule has 2 fully saturated rings. The van der Waals surface area contributed by atoms with Gasteiger partial charge >= 0.3 is 0 Å². The van der Waals surface area contributed by atoms with Gasteiger partial charge < -0.3 is 19.4 Å². The van der Waals surface area contributed by atoms with Gasteiger partial charge in [0.15, 0.2) is 0 Å². The van der Waals surface area contributed by atoms with Crippen molar-refractivity contribution < 1.29 is 9.53 Å². The lowest BCUT2D eigenvalue weighted by Gasteiger charge is -2.34. The van der Waals surface area contributed by atoms with E-state index in [9.17, 15) is 4.79 Å². The molecule has 2 aromatic heterocycles. The van der Waals surface area contributed by atoms with E-state index < -0.39 is 0 Å². The molecule has 8 nitrogen and oxygen atoms in total. The highest BCUT2D eigenvalue weighted by molar-refractivity contribution is 5.76. The van der Waals surface area contributed by atoms with Gasteiger partial charge in [-0.25, -0.2) is 15.0 Å². The van der Waals surface area contributed by atoms with Crippen LogP contribution in [0.4, 0.5) is 11.8 Å². The van der Waals surface area contributed by atoms with Crippen LogP contribution in [0.15, 0.2) is 36.8 Å². The molecule has 2 aliphatic rings. The maximum absolute atomic E-state index is 12.6. The summed E-state index contributed by atoms with van der Waals surface area (Å²) < 4.78 is 5.40. The molecular weight excluding hydrogens is 356 g/mol. The lowest BCUT2D eigenvalue weighted by Crippen LogP contribution is -2.49. The second kappa shape index (κ2) is 8.97. The smallest absolute Gasteiger partial charge is 0.225 e. The van der Waals surface area contributed by atoms with Gasteiger partial charge in [0.1, 0.15) is 5.82 Å². The van der Waals surface area contributed by atoms with Crippen LogP contribution in [0.5, 0.6) is 0 Å². The van der Waals surface area contributed by atoms with E-state index in [1.54, 1.807) is 12.4 Å². The minimum Gasteiger partial charge on any atom is -0.378 e. The molecule has 8 heteroatoms. The number of ether oxygens (including phenoxy) is 1. The molecule has 0 aromatic carbocycles. The molecule has 2 aliphatic heterocycles. The molecule has 148 valence electrons. The molecule has 0 radical (unpaired) electrons. The molecule has 0 saturated carbocycles. The third-order valence-electron chi connectivity index (χ3n) is 5.24. The average molecular weight is 382 g/mol. The first kappa shape index (κ1) is 18.6. The Labute approximate surface area is 165 Å². The molecule has 0 aliphatic carbocycles. The van der Waals surface area contributed by atoms with Gasteiger partial charge in [0.25, 0.3) is 0 Å². The summed E-state index contributed by atoms with van der Waals surface area (Å²) in [7, 11) is 0. The minimum atomic E-state index is 0.207. The van der Waals surface area contributed by atoms with Gasteiger partial charge in [0.05, 0.1) is 13.2 Å².